The molecule has 1 aliphatic heterocycles. The van der Waals surface area contributed by atoms with Crippen molar-refractivity contribution < 1.29 is 4.21 Å². The Hall–Kier alpha value is -0.480. The van der Waals surface area contributed by atoms with E-state index < -0.39 is 9.73 Å². The van der Waals surface area contributed by atoms with Crippen LogP contribution in [-0.4, -0.2) is 10.5 Å². The van der Waals surface area contributed by atoms with Crippen molar-refractivity contribution in [3.8, 4) is 0 Å². The maximum atomic E-state index is 11.7. The first-order valence-electron chi connectivity index (χ1n) is 3.59. The Morgan fingerprint density at radius 1 is 1.50 bits per heavy atom. The van der Waals surface area contributed by atoms with E-state index in [-0.39, 0.29) is 0 Å². The topological polar surface area (TPSA) is 29.4 Å². The second-order valence-corrected chi connectivity index (χ2v) is 6.18. The molecule has 0 aromatic heterocycles. The van der Waals surface area contributed by atoms with Gasteiger partial charge in [0.15, 0.2) is 0 Å². The van der Waals surface area contributed by atoms with Crippen molar-refractivity contribution in [1.82, 2.24) is 0 Å². The molecule has 0 amide bonds. The first-order chi connectivity index (χ1) is 5.59. The Bertz CT molecular complexity index is 444. The monoisotopic (exact) mass is 199 g/mol. The third-order valence-corrected chi connectivity index (χ3v) is 5.06. The highest BCUT2D eigenvalue weighted by atomic mass is 32.2. The van der Waals surface area contributed by atoms with E-state index in [2.05, 4.69) is 3.77 Å². The third-order valence-electron chi connectivity index (χ3n) is 1.79. The molecule has 0 fully saturated rings. The Morgan fingerprint density at radius 2 is 2.25 bits per heavy atom. The lowest BCUT2D eigenvalue weighted by atomic mass is 10.2. The molecule has 0 N–H and O–H groups in total. The number of fused-ring (bicyclic) bond motifs is 1. The molecule has 2 rings (SSSR count). The highest BCUT2D eigenvalue weighted by Crippen LogP contribution is 2.37. The smallest absolute Gasteiger partial charge is 0.0848 e. The second-order valence-electron chi connectivity index (χ2n) is 2.92. The summed E-state index contributed by atoms with van der Waals surface area (Å²) in [4.78, 5) is 1.93. The highest BCUT2D eigenvalue weighted by molar-refractivity contribution is 8.09. The summed E-state index contributed by atoms with van der Waals surface area (Å²) in [6, 6.07) is 5.92. The van der Waals surface area contributed by atoms with Crippen LogP contribution in [0.25, 0.3) is 0 Å². The molecule has 1 aromatic rings. The number of hydrogen-bond acceptors (Lipinski definition) is 3. The standard InChI is InChI=1S/C8H9NOS2/c1-6-3-4-8-7(5-6)11-9-12(8,2)10/h3-5H,1-2H3. The van der Waals surface area contributed by atoms with Gasteiger partial charge in [-0.2, -0.15) is 3.77 Å². The van der Waals surface area contributed by atoms with E-state index in [9.17, 15) is 4.21 Å². The van der Waals surface area contributed by atoms with Gasteiger partial charge < -0.3 is 0 Å². The lowest BCUT2D eigenvalue weighted by molar-refractivity contribution is 0.681. The van der Waals surface area contributed by atoms with Gasteiger partial charge in [0, 0.05) is 23.1 Å². The van der Waals surface area contributed by atoms with Crippen molar-refractivity contribution in [1.29, 1.82) is 0 Å². The lowest BCUT2D eigenvalue weighted by Gasteiger charge is -1.99. The van der Waals surface area contributed by atoms with E-state index in [0.717, 1.165) is 9.79 Å². The zero-order valence-corrected chi connectivity index (χ0v) is 8.54. The average molecular weight is 199 g/mol. The van der Waals surface area contributed by atoms with Gasteiger partial charge in [-0.3, -0.25) is 0 Å². The molecule has 1 aliphatic rings. The molecule has 4 heteroatoms. The highest BCUT2D eigenvalue weighted by Gasteiger charge is 2.18. The van der Waals surface area contributed by atoms with Crippen molar-refractivity contribution in [2.75, 3.05) is 6.26 Å². The minimum atomic E-state index is -2.08. The van der Waals surface area contributed by atoms with E-state index in [1.807, 2.05) is 25.1 Å². The summed E-state index contributed by atoms with van der Waals surface area (Å²) in [6.07, 6.45) is 1.68. The van der Waals surface area contributed by atoms with Crippen LogP contribution >= 0.6 is 11.9 Å². The van der Waals surface area contributed by atoms with E-state index in [4.69, 9.17) is 0 Å². The number of rotatable bonds is 0. The lowest BCUT2D eigenvalue weighted by Crippen LogP contribution is -1.93. The third kappa shape index (κ3) is 1.15. The minimum Gasteiger partial charge on any atom is -0.244 e. The van der Waals surface area contributed by atoms with Crippen molar-refractivity contribution >= 4 is 21.7 Å². The molecule has 1 unspecified atom stereocenters. The molecule has 0 aliphatic carbocycles. The summed E-state index contributed by atoms with van der Waals surface area (Å²) < 4.78 is 15.8. The van der Waals surface area contributed by atoms with Gasteiger partial charge in [-0.15, -0.1) is 0 Å². The number of benzene rings is 1. The number of aryl methyl sites for hydroxylation is 1. The van der Waals surface area contributed by atoms with Crippen LogP contribution in [0.4, 0.5) is 0 Å². The minimum absolute atomic E-state index is 0.887. The summed E-state index contributed by atoms with van der Waals surface area (Å²) in [5.41, 5.74) is 1.19. The zero-order chi connectivity index (χ0) is 8.77. The van der Waals surface area contributed by atoms with Crippen LogP contribution in [-0.2, 0) is 9.73 Å². The fraction of sp³-hybridized carbons (Fsp3) is 0.250. The predicted octanol–water partition coefficient (Wildman–Crippen LogP) is 2.47. The van der Waals surface area contributed by atoms with Gasteiger partial charge >= 0.3 is 0 Å². The van der Waals surface area contributed by atoms with Crippen LogP contribution in [0.3, 0.4) is 0 Å². The van der Waals surface area contributed by atoms with Crippen molar-refractivity contribution in [3.63, 3.8) is 0 Å². The SMILES string of the molecule is Cc1ccc2c(c1)SN=S2(C)=O. The molecule has 0 saturated heterocycles. The molecule has 1 heterocycles. The Labute approximate surface area is 76.7 Å². The molecule has 64 valence electrons. The average Bonchev–Trinajstić information content (AvgIpc) is 2.27. The van der Waals surface area contributed by atoms with Crippen molar-refractivity contribution in [2.24, 2.45) is 3.77 Å². The molecular weight excluding hydrogens is 190 g/mol. The zero-order valence-electron chi connectivity index (χ0n) is 6.90. The quantitative estimate of drug-likeness (QED) is 0.601. The van der Waals surface area contributed by atoms with Gasteiger partial charge in [0.1, 0.15) is 0 Å². The molecule has 2 nitrogen and oxygen atoms in total. The van der Waals surface area contributed by atoms with Crippen LogP contribution in [0.2, 0.25) is 0 Å². The van der Waals surface area contributed by atoms with Gasteiger partial charge in [0.05, 0.1) is 14.6 Å². The summed E-state index contributed by atoms with van der Waals surface area (Å²) >= 11 is 1.34. The largest absolute Gasteiger partial charge is 0.244 e. The summed E-state index contributed by atoms with van der Waals surface area (Å²) in [6.45, 7) is 2.02. The second kappa shape index (κ2) is 2.50. The maximum absolute atomic E-state index is 11.7. The summed E-state index contributed by atoms with van der Waals surface area (Å²) in [5.74, 6) is 0. The van der Waals surface area contributed by atoms with E-state index in [0.29, 0.717) is 0 Å². The van der Waals surface area contributed by atoms with Gasteiger partial charge in [-0.25, -0.2) is 4.21 Å². The van der Waals surface area contributed by atoms with Gasteiger partial charge in [-0.1, -0.05) is 6.07 Å². The molecule has 0 radical (unpaired) electrons. The normalized spacial score (nSPS) is 26.5. The van der Waals surface area contributed by atoms with Crippen molar-refractivity contribution in [2.45, 2.75) is 16.7 Å². The van der Waals surface area contributed by atoms with E-state index >= 15 is 0 Å². The maximum Gasteiger partial charge on any atom is 0.0848 e. The van der Waals surface area contributed by atoms with E-state index in [1.54, 1.807) is 6.26 Å². The van der Waals surface area contributed by atoms with Gasteiger partial charge in [-0.05, 0) is 24.6 Å². The van der Waals surface area contributed by atoms with Crippen LogP contribution in [0, 0.1) is 6.92 Å². The fourth-order valence-corrected chi connectivity index (χ4v) is 4.09. The Kier molecular flexibility index (Phi) is 1.70. The summed E-state index contributed by atoms with van der Waals surface area (Å²) in [5, 5.41) is 0. The molecule has 1 aromatic carbocycles. The van der Waals surface area contributed by atoms with Crippen molar-refractivity contribution in [3.05, 3.63) is 23.8 Å². The first-order valence-corrected chi connectivity index (χ1v) is 6.28. The number of nitrogens with zero attached hydrogens (tertiary/aromatic N) is 1. The molecule has 0 spiro atoms. The van der Waals surface area contributed by atoms with Gasteiger partial charge in [0.2, 0.25) is 0 Å². The Balaban J connectivity index is 2.71. The first kappa shape index (κ1) is 8.13. The van der Waals surface area contributed by atoms with Crippen LogP contribution in [0.15, 0.2) is 31.8 Å². The number of hydrogen-bond donors (Lipinski definition) is 0. The van der Waals surface area contributed by atoms with Crippen LogP contribution in [0.5, 0.6) is 0 Å². The van der Waals surface area contributed by atoms with Gasteiger partial charge in [0.25, 0.3) is 0 Å². The molecular formula is C8H9NOS2. The molecule has 0 saturated carbocycles. The van der Waals surface area contributed by atoms with Crippen LogP contribution in [0.1, 0.15) is 5.56 Å². The predicted molar refractivity (Wildman–Crippen MR) is 51.8 cm³/mol. The fourth-order valence-electron chi connectivity index (χ4n) is 1.15. The van der Waals surface area contributed by atoms with E-state index in [1.165, 1.54) is 17.5 Å². The summed E-state index contributed by atoms with van der Waals surface area (Å²) in [7, 11) is -2.08. The molecule has 0 bridgehead atoms. The molecule has 1 atom stereocenters. The van der Waals surface area contributed by atoms with Crippen LogP contribution < -0.4 is 0 Å². The Morgan fingerprint density at radius 3 is 3.00 bits per heavy atom. The molecule has 12 heavy (non-hydrogen) atoms.